The molecule has 25 heavy (non-hydrogen) atoms. The minimum Gasteiger partial charge on any atom is -0.477 e. The first-order valence-electron chi connectivity index (χ1n) is 7.09. The third-order valence-corrected chi connectivity index (χ3v) is 4.43. The zero-order chi connectivity index (χ0) is 18.1. The van der Waals surface area contributed by atoms with Crippen molar-refractivity contribution in [3.63, 3.8) is 0 Å². The van der Waals surface area contributed by atoms with E-state index < -0.39 is 11.5 Å². The topological polar surface area (TPSA) is 70.2 Å². The van der Waals surface area contributed by atoms with Gasteiger partial charge < -0.3 is 10.1 Å². The minimum absolute atomic E-state index is 0.335. The lowest BCUT2D eigenvalue weighted by molar-refractivity contribution is 0.0695. The molecule has 126 valence electrons. The SMILES string of the molecule is O=C(O)c1cc(-c2ccc(Cl)cc2)c(-c2ccc(Cl)cc2Cl)[nH]c1=O. The summed E-state index contributed by atoms with van der Waals surface area (Å²) in [5, 5.41) is 10.6. The third-order valence-electron chi connectivity index (χ3n) is 3.63. The van der Waals surface area contributed by atoms with Crippen molar-refractivity contribution in [3.8, 4) is 22.4 Å². The molecule has 0 radical (unpaired) electrons. The molecule has 0 aliphatic heterocycles. The van der Waals surface area contributed by atoms with Crippen LogP contribution in [0.25, 0.3) is 22.4 Å². The Labute approximate surface area is 157 Å². The number of carboxylic acid groups (broad SMARTS) is 1. The van der Waals surface area contributed by atoms with Gasteiger partial charge in [0.1, 0.15) is 5.56 Å². The van der Waals surface area contributed by atoms with Gasteiger partial charge in [-0.05, 0) is 42.0 Å². The number of aromatic carboxylic acids is 1. The van der Waals surface area contributed by atoms with Gasteiger partial charge >= 0.3 is 5.97 Å². The highest BCUT2D eigenvalue weighted by Crippen LogP contribution is 2.35. The molecule has 0 aliphatic rings. The predicted octanol–water partition coefficient (Wildman–Crippen LogP) is 5.37. The van der Waals surface area contributed by atoms with Crippen molar-refractivity contribution in [3.05, 3.63) is 79.5 Å². The maximum atomic E-state index is 12.1. The Morgan fingerprint density at radius 1 is 0.880 bits per heavy atom. The normalized spacial score (nSPS) is 10.7. The van der Waals surface area contributed by atoms with Crippen molar-refractivity contribution >= 4 is 40.8 Å². The summed E-state index contributed by atoms with van der Waals surface area (Å²) in [5.41, 5.74) is 1.05. The number of benzene rings is 2. The number of pyridine rings is 1. The molecule has 2 N–H and O–H groups in total. The predicted molar refractivity (Wildman–Crippen MR) is 99.9 cm³/mol. The number of carboxylic acids is 1. The molecule has 0 aliphatic carbocycles. The Kier molecular flexibility index (Phi) is 4.86. The second-order valence-corrected chi connectivity index (χ2v) is 6.52. The van der Waals surface area contributed by atoms with E-state index in [1.165, 1.54) is 6.07 Å². The molecule has 4 nitrogen and oxygen atoms in total. The molecule has 3 rings (SSSR count). The Morgan fingerprint density at radius 3 is 2.12 bits per heavy atom. The van der Waals surface area contributed by atoms with E-state index in [0.29, 0.717) is 37.5 Å². The van der Waals surface area contributed by atoms with Gasteiger partial charge in [0.25, 0.3) is 5.56 Å². The van der Waals surface area contributed by atoms with E-state index in [2.05, 4.69) is 4.98 Å². The van der Waals surface area contributed by atoms with Crippen LogP contribution in [0.15, 0.2) is 53.3 Å². The zero-order valence-corrected chi connectivity index (χ0v) is 14.8. The highest BCUT2D eigenvalue weighted by Gasteiger charge is 2.18. The first-order valence-corrected chi connectivity index (χ1v) is 8.22. The quantitative estimate of drug-likeness (QED) is 0.627. The van der Waals surface area contributed by atoms with Crippen molar-refractivity contribution in [1.29, 1.82) is 0 Å². The molecule has 3 aromatic rings. The van der Waals surface area contributed by atoms with Crippen LogP contribution in [0.2, 0.25) is 15.1 Å². The Balaban J connectivity index is 2.33. The highest BCUT2D eigenvalue weighted by molar-refractivity contribution is 6.36. The van der Waals surface area contributed by atoms with Crippen LogP contribution in [0.4, 0.5) is 0 Å². The van der Waals surface area contributed by atoms with Gasteiger partial charge in [-0.25, -0.2) is 4.79 Å². The van der Waals surface area contributed by atoms with E-state index in [9.17, 15) is 14.7 Å². The first-order chi connectivity index (χ1) is 11.9. The lowest BCUT2D eigenvalue weighted by atomic mass is 9.97. The van der Waals surface area contributed by atoms with Crippen molar-refractivity contribution in [1.82, 2.24) is 4.98 Å². The molecular weight excluding hydrogens is 385 g/mol. The summed E-state index contributed by atoms with van der Waals surface area (Å²) in [5.74, 6) is -1.31. The Morgan fingerprint density at radius 2 is 1.52 bits per heavy atom. The van der Waals surface area contributed by atoms with E-state index in [0.717, 1.165) is 0 Å². The van der Waals surface area contributed by atoms with Gasteiger partial charge in [0, 0.05) is 21.2 Å². The molecule has 1 heterocycles. The fraction of sp³-hybridized carbons (Fsp3) is 0. The summed E-state index contributed by atoms with van der Waals surface area (Å²) < 4.78 is 0. The average Bonchev–Trinajstić information content (AvgIpc) is 2.55. The van der Waals surface area contributed by atoms with Gasteiger partial charge in [-0.15, -0.1) is 0 Å². The fourth-order valence-corrected chi connectivity index (χ4v) is 3.08. The molecule has 2 aromatic carbocycles. The van der Waals surface area contributed by atoms with E-state index >= 15 is 0 Å². The third kappa shape index (κ3) is 3.56. The van der Waals surface area contributed by atoms with E-state index in [4.69, 9.17) is 34.8 Å². The van der Waals surface area contributed by atoms with E-state index in [1.807, 2.05) is 0 Å². The van der Waals surface area contributed by atoms with Crippen LogP contribution in [0.5, 0.6) is 0 Å². The second kappa shape index (κ2) is 6.92. The summed E-state index contributed by atoms with van der Waals surface area (Å²) in [6, 6.07) is 13.0. The lowest BCUT2D eigenvalue weighted by Crippen LogP contribution is -2.18. The molecule has 0 spiro atoms. The molecular formula is C18H10Cl3NO3. The number of carbonyl (C=O) groups is 1. The Bertz CT molecular complexity index is 1030. The van der Waals surface area contributed by atoms with Crippen molar-refractivity contribution in [2.24, 2.45) is 0 Å². The minimum atomic E-state index is -1.31. The van der Waals surface area contributed by atoms with Crippen LogP contribution >= 0.6 is 34.8 Å². The average molecular weight is 395 g/mol. The monoisotopic (exact) mass is 393 g/mol. The van der Waals surface area contributed by atoms with E-state index in [-0.39, 0.29) is 5.56 Å². The van der Waals surface area contributed by atoms with Crippen molar-refractivity contribution in [2.45, 2.75) is 0 Å². The smallest absolute Gasteiger partial charge is 0.341 e. The molecule has 0 saturated carbocycles. The van der Waals surface area contributed by atoms with E-state index in [1.54, 1.807) is 42.5 Å². The van der Waals surface area contributed by atoms with Gasteiger partial charge in [0.2, 0.25) is 0 Å². The van der Waals surface area contributed by atoms with Crippen LogP contribution in [0.1, 0.15) is 10.4 Å². The molecule has 0 unspecified atom stereocenters. The van der Waals surface area contributed by atoms with Crippen LogP contribution in [-0.4, -0.2) is 16.1 Å². The number of aromatic nitrogens is 1. The van der Waals surface area contributed by atoms with Gasteiger partial charge in [-0.3, -0.25) is 4.79 Å². The van der Waals surface area contributed by atoms with Crippen molar-refractivity contribution in [2.75, 3.05) is 0 Å². The fourth-order valence-electron chi connectivity index (χ4n) is 2.45. The molecule has 0 saturated heterocycles. The van der Waals surface area contributed by atoms with Crippen molar-refractivity contribution < 1.29 is 9.90 Å². The van der Waals surface area contributed by atoms with Crippen LogP contribution in [0, 0.1) is 0 Å². The number of hydrogen-bond acceptors (Lipinski definition) is 2. The highest BCUT2D eigenvalue weighted by atomic mass is 35.5. The molecule has 0 bridgehead atoms. The molecule has 7 heteroatoms. The molecule has 0 atom stereocenters. The lowest BCUT2D eigenvalue weighted by Gasteiger charge is -2.13. The van der Waals surface area contributed by atoms with Crippen LogP contribution < -0.4 is 5.56 Å². The molecule has 0 fully saturated rings. The summed E-state index contributed by atoms with van der Waals surface area (Å²) in [6.45, 7) is 0. The van der Waals surface area contributed by atoms with Crippen LogP contribution in [0.3, 0.4) is 0 Å². The number of halogens is 3. The number of aromatic amines is 1. The Hall–Kier alpha value is -2.27. The summed E-state index contributed by atoms with van der Waals surface area (Å²) in [6.07, 6.45) is 0. The largest absolute Gasteiger partial charge is 0.477 e. The summed E-state index contributed by atoms with van der Waals surface area (Å²) in [4.78, 5) is 26.1. The second-order valence-electron chi connectivity index (χ2n) is 5.24. The first kappa shape index (κ1) is 17.5. The summed E-state index contributed by atoms with van der Waals surface area (Å²) >= 11 is 18.1. The van der Waals surface area contributed by atoms with Gasteiger partial charge in [-0.1, -0.05) is 46.9 Å². The standard InChI is InChI=1S/C18H10Cl3NO3/c19-10-3-1-9(2-4-10)13-8-14(18(24)25)17(23)22-16(13)12-6-5-11(20)7-15(12)21/h1-8H,(H,22,23)(H,24,25). The van der Waals surface area contributed by atoms with Crippen LogP contribution in [-0.2, 0) is 0 Å². The number of hydrogen-bond donors (Lipinski definition) is 2. The maximum absolute atomic E-state index is 12.1. The number of nitrogens with one attached hydrogen (secondary N) is 1. The number of rotatable bonds is 3. The van der Waals surface area contributed by atoms with Gasteiger partial charge in [0.15, 0.2) is 0 Å². The zero-order valence-electron chi connectivity index (χ0n) is 12.5. The maximum Gasteiger partial charge on any atom is 0.341 e. The van der Waals surface area contributed by atoms with Gasteiger partial charge in [-0.2, -0.15) is 0 Å². The van der Waals surface area contributed by atoms with Gasteiger partial charge in [0.05, 0.1) is 10.7 Å². The number of H-pyrrole nitrogens is 1. The summed E-state index contributed by atoms with van der Waals surface area (Å²) in [7, 11) is 0. The molecule has 0 amide bonds. The molecule has 1 aromatic heterocycles.